The lowest BCUT2D eigenvalue weighted by atomic mass is 10.1. The third-order valence-electron chi connectivity index (χ3n) is 3.80. The van der Waals surface area contributed by atoms with E-state index in [2.05, 4.69) is 16.2 Å². The molecular weight excluding hydrogens is 352 g/mol. The maximum Gasteiger partial charge on any atom is 0.262 e. The van der Waals surface area contributed by atoms with Crippen LogP contribution in [-0.4, -0.2) is 34.3 Å². The zero-order chi connectivity index (χ0) is 18.7. The lowest BCUT2D eigenvalue weighted by Gasteiger charge is -2.15. The van der Waals surface area contributed by atoms with Crippen molar-refractivity contribution in [2.45, 2.75) is 6.92 Å². The normalized spacial score (nSPS) is 12.6. The molecule has 3 rings (SSSR count). The van der Waals surface area contributed by atoms with E-state index in [1.54, 1.807) is 24.3 Å². The molecule has 0 saturated carbocycles. The number of anilines is 1. The molecule has 0 bridgehead atoms. The summed E-state index contributed by atoms with van der Waals surface area (Å²) in [6, 6.07) is 14.0. The topological polar surface area (TPSA) is 90.5 Å². The van der Waals surface area contributed by atoms with E-state index in [0.29, 0.717) is 11.1 Å². The summed E-state index contributed by atoms with van der Waals surface area (Å²) in [5.41, 5.74) is 7.39. The van der Waals surface area contributed by atoms with Crippen molar-refractivity contribution >= 4 is 40.7 Å². The Balaban J connectivity index is 1.52. The molecular formula is C18H16N4O3S. The molecule has 0 saturated heterocycles. The van der Waals surface area contributed by atoms with Crippen molar-refractivity contribution in [3.63, 3.8) is 0 Å². The van der Waals surface area contributed by atoms with Gasteiger partial charge >= 0.3 is 0 Å². The number of carbonyl (C=O) groups excluding carboxylic acids is 3. The van der Waals surface area contributed by atoms with Crippen molar-refractivity contribution in [3.05, 3.63) is 65.2 Å². The molecule has 0 atom stereocenters. The molecule has 0 unspecified atom stereocenters. The molecule has 2 aromatic rings. The van der Waals surface area contributed by atoms with E-state index < -0.39 is 24.3 Å². The molecule has 26 heavy (non-hydrogen) atoms. The predicted octanol–water partition coefficient (Wildman–Crippen LogP) is 1.61. The monoisotopic (exact) mass is 368 g/mol. The average molecular weight is 368 g/mol. The van der Waals surface area contributed by atoms with Crippen LogP contribution in [0.3, 0.4) is 0 Å². The van der Waals surface area contributed by atoms with Crippen LogP contribution in [0.4, 0.5) is 5.69 Å². The van der Waals surface area contributed by atoms with Gasteiger partial charge in [0.25, 0.3) is 17.7 Å². The lowest BCUT2D eigenvalue weighted by Crippen LogP contribution is -2.48. The number of rotatable bonds is 3. The van der Waals surface area contributed by atoms with Crippen LogP contribution in [0, 0.1) is 6.92 Å². The van der Waals surface area contributed by atoms with E-state index in [9.17, 15) is 14.4 Å². The first kappa shape index (κ1) is 17.6. The van der Waals surface area contributed by atoms with Crippen LogP contribution in [-0.2, 0) is 4.79 Å². The zero-order valence-electron chi connectivity index (χ0n) is 13.9. The number of nitrogens with one attached hydrogen (secondary N) is 3. The van der Waals surface area contributed by atoms with Gasteiger partial charge in [-0.15, -0.1) is 0 Å². The third kappa shape index (κ3) is 3.70. The summed E-state index contributed by atoms with van der Waals surface area (Å²) in [5, 5.41) is 3.09. The van der Waals surface area contributed by atoms with Crippen molar-refractivity contribution in [2.75, 3.05) is 11.9 Å². The van der Waals surface area contributed by atoms with Gasteiger partial charge in [-0.2, -0.15) is 0 Å². The van der Waals surface area contributed by atoms with Gasteiger partial charge in [0.15, 0.2) is 5.11 Å². The molecule has 1 aliphatic heterocycles. The Morgan fingerprint density at radius 2 is 1.54 bits per heavy atom. The molecule has 0 aliphatic carbocycles. The van der Waals surface area contributed by atoms with Crippen molar-refractivity contribution in [3.8, 4) is 0 Å². The molecule has 3 N–H and O–H groups in total. The van der Waals surface area contributed by atoms with Gasteiger partial charge in [0.05, 0.1) is 11.1 Å². The van der Waals surface area contributed by atoms with Crippen molar-refractivity contribution in [1.29, 1.82) is 0 Å². The summed E-state index contributed by atoms with van der Waals surface area (Å²) in [7, 11) is 0. The van der Waals surface area contributed by atoms with Gasteiger partial charge in [-0.3, -0.25) is 30.1 Å². The van der Waals surface area contributed by atoms with Gasteiger partial charge in [-0.25, -0.2) is 0 Å². The van der Waals surface area contributed by atoms with E-state index in [-0.39, 0.29) is 5.11 Å². The molecule has 0 radical (unpaired) electrons. The molecule has 0 fully saturated rings. The highest BCUT2D eigenvalue weighted by Crippen LogP contribution is 2.21. The summed E-state index contributed by atoms with van der Waals surface area (Å²) in [6.07, 6.45) is 0. The third-order valence-corrected chi connectivity index (χ3v) is 4.01. The van der Waals surface area contributed by atoms with Crippen LogP contribution in [0.15, 0.2) is 48.5 Å². The molecule has 2 aromatic carbocycles. The zero-order valence-corrected chi connectivity index (χ0v) is 14.7. The van der Waals surface area contributed by atoms with E-state index in [4.69, 9.17) is 12.2 Å². The second-order valence-corrected chi connectivity index (χ2v) is 6.14. The standard InChI is InChI=1S/C18H16N4O3S/c1-11-6-8-12(9-7-11)19-18(26)21-20-15(23)10-22-16(24)13-4-2-3-5-14(13)17(22)25/h2-9H,10H2,1H3,(H,20,23)(H2,19,21,26). The largest absolute Gasteiger partial charge is 0.331 e. The summed E-state index contributed by atoms with van der Waals surface area (Å²) < 4.78 is 0. The number of hydrogen-bond donors (Lipinski definition) is 3. The molecule has 0 aromatic heterocycles. The van der Waals surface area contributed by atoms with Crippen LogP contribution in [0.25, 0.3) is 0 Å². The van der Waals surface area contributed by atoms with Crippen molar-refractivity contribution < 1.29 is 14.4 Å². The Bertz CT molecular complexity index is 861. The fraction of sp³-hybridized carbons (Fsp3) is 0.111. The molecule has 3 amide bonds. The summed E-state index contributed by atoms with van der Waals surface area (Å²) >= 11 is 5.09. The fourth-order valence-electron chi connectivity index (χ4n) is 2.49. The molecule has 1 heterocycles. The van der Waals surface area contributed by atoms with Gasteiger partial charge < -0.3 is 5.32 Å². The first-order valence-corrected chi connectivity index (χ1v) is 8.24. The number of benzene rings is 2. The SMILES string of the molecule is Cc1ccc(NC(=S)NNC(=O)CN2C(=O)c3ccccc3C2=O)cc1. The highest BCUT2D eigenvalue weighted by atomic mass is 32.1. The fourth-order valence-corrected chi connectivity index (χ4v) is 2.66. The number of carbonyl (C=O) groups is 3. The quantitative estimate of drug-likeness (QED) is 0.433. The Morgan fingerprint density at radius 3 is 2.12 bits per heavy atom. The van der Waals surface area contributed by atoms with Gasteiger partial charge in [-0.05, 0) is 43.4 Å². The summed E-state index contributed by atoms with van der Waals surface area (Å²) in [6.45, 7) is 1.58. The van der Waals surface area contributed by atoms with Crippen molar-refractivity contribution in [2.24, 2.45) is 0 Å². The van der Waals surface area contributed by atoms with E-state index >= 15 is 0 Å². The Morgan fingerprint density at radius 1 is 0.962 bits per heavy atom. The van der Waals surface area contributed by atoms with Crippen LogP contribution < -0.4 is 16.2 Å². The van der Waals surface area contributed by atoms with Crippen molar-refractivity contribution in [1.82, 2.24) is 15.8 Å². The van der Waals surface area contributed by atoms with Gasteiger partial charge in [0, 0.05) is 5.69 Å². The molecule has 8 heteroatoms. The minimum Gasteiger partial charge on any atom is -0.331 e. The first-order valence-electron chi connectivity index (χ1n) is 7.83. The average Bonchev–Trinajstić information content (AvgIpc) is 2.87. The first-order chi connectivity index (χ1) is 12.5. The molecule has 1 aliphatic rings. The van der Waals surface area contributed by atoms with Crippen LogP contribution in [0.5, 0.6) is 0 Å². The Labute approximate surface area is 155 Å². The minimum atomic E-state index is -0.562. The second-order valence-electron chi connectivity index (χ2n) is 5.74. The number of thiocarbonyl (C=S) groups is 1. The van der Waals surface area contributed by atoms with Gasteiger partial charge in [0.1, 0.15) is 6.54 Å². The van der Waals surface area contributed by atoms with E-state index in [0.717, 1.165) is 16.2 Å². The number of hydrogen-bond acceptors (Lipinski definition) is 4. The molecule has 132 valence electrons. The van der Waals surface area contributed by atoms with Crippen LogP contribution in [0.1, 0.15) is 26.3 Å². The van der Waals surface area contributed by atoms with Crippen LogP contribution >= 0.6 is 12.2 Å². The highest BCUT2D eigenvalue weighted by Gasteiger charge is 2.36. The number of aryl methyl sites for hydroxylation is 1. The van der Waals surface area contributed by atoms with E-state index in [1.807, 2.05) is 31.2 Å². The summed E-state index contributed by atoms with van der Waals surface area (Å²) in [5.74, 6) is -1.53. The Hall–Kier alpha value is -3.26. The number of amides is 3. The maximum atomic E-state index is 12.2. The Kier molecular flexibility index (Phi) is 4.94. The maximum absolute atomic E-state index is 12.2. The number of nitrogens with zero attached hydrogens (tertiary/aromatic N) is 1. The minimum absolute atomic E-state index is 0.185. The molecule has 0 spiro atoms. The summed E-state index contributed by atoms with van der Waals surface area (Å²) in [4.78, 5) is 37.4. The van der Waals surface area contributed by atoms with Crippen LogP contribution in [0.2, 0.25) is 0 Å². The van der Waals surface area contributed by atoms with Gasteiger partial charge in [0.2, 0.25) is 0 Å². The predicted molar refractivity (Wildman–Crippen MR) is 100 cm³/mol. The number of hydrazine groups is 1. The van der Waals surface area contributed by atoms with E-state index in [1.165, 1.54) is 0 Å². The smallest absolute Gasteiger partial charge is 0.262 e. The van der Waals surface area contributed by atoms with Gasteiger partial charge in [-0.1, -0.05) is 29.8 Å². The number of imide groups is 1. The highest BCUT2D eigenvalue weighted by molar-refractivity contribution is 7.80. The molecule has 7 nitrogen and oxygen atoms in total. The number of fused-ring (bicyclic) bond motifs is 1. The lowest BCUT2D eigenvalue weighted by molar-refractivity contribution is -0.121. The second kappa shape index (κ2) is 7.32.